The Bertz CT molecular complexity index is 645. The monoisotopic (exact) mass is 476 g/mol. The minimum atomic E-state index is -2.66. The van der Waals surface area contributed by atoms with Crippen molar-refractivity contribution in [3.63, 3.8) is 0 Å². The first-order valence-corrected chi connectivity index (χ1v) is 16.7. The van der Waals surface area contributed by atoms with E-state index in [0.29, 0.717) is 0 Å². The van der Waals surface area contributed by atoms with Crippen LogP contribution >= 0.6 is 22.2 Å². The van der Waals surface area contributed by atoms with E-state index in [0.717, 1.165) is 23.2 Å². The van der Waals surface area contributed by atoms with E-state index in [-0.39, 0.29) is 0 Å². The average molecular weight is 478 g/mol. The van der Waals surface area contributed by atoms with Crippen LogP contribution in [0.15, 0.2) is 48.5 Å². The van der Waals surface area contributed by atoms with Gasteiger partial charge in [-0.25, -0.2) is 0 Å². The highest BCUT2D eigenvalue weighted by Gasteiger charge is 2.33. The highest BCUT2D eigenvalue weighted by molar-refractivity contribution is 7.56. The van der Waals surface area contributed by atoms with Crippen molar-refractivity contribution in [2.45, 2.75) is 104 Å². The first-order chi connectivity index (χ1) is 15.1. The zero-order valence-electron chi connectivity index (χ0n) is 19.8. The molecule has 0 unspecified atom stereocenters. The smallest absolute Gasteiger partial charge is 0.134 e. The van der Waals surface area contributed by atoms with Crippen molar-refractivity contribution in [2.75, 3.05) is 0 Å². The van der Waals surface area contributed by atoms with Crippen LogP contribution in [0.5, 0.6) is 0 Å². The van der Waals surface area contributed by atoms with Crippen molar-refractivity contribution in [3.8, 4) is 0 Å². The SMILES string of the molecule is CCCCCCCCc1ccc([Si](Cl)(Cl)c2ccc(CCCCCCCC)cc2)cc1. The molecule has 0 bridgehead atoms. The van der Waals surface area contributed by atoms with Crippen LogP contribution in [0.1, 0.15) is 102 Å². The van der Waals surface area contributed by atoms with Gasteiger partial charge in [-0.2, -0.15) is 0 Å². The van der Waals surface area contributed by atoms with Gasteiger partial charge in [0.2, 0.25) is 0 Å². The molecular formula is C28H42Cl2Si. The molecule has 31 heavy (non-hydrogen) atoms. The summed E-state index contributed by atoms with van der Waals surface area (Å²) in [6.07, 6.45) is 18.3. The molecule has 2 aromatic carbocycles. The van der Waals surface area contributed by atoms with E-state index in [2.05, 4.69) is 62.4 Å². The van der Waals surface area contributed by atoms with Gasteiger partial charge < -0.3 is 0 Å². The number of benzene rings is 2. The topological polar surface area (TPSA) is 0 Å². The summed E-state index contributed by atoms with van der Waals surface area (Å²) in [5.74, 6) is 0. The molecule has 0 aromatic heterocycles. The van der Waals surface area contributed by atoms with Crippen molar-refractivity contribution in [3.05, 3.63) is 59.7 Å². The number of halogens is 2. The summed E-state index contributed by atoms with van der Waals surface area (Å²) in [6.45, 7) is 1.87. The second-order valence-corrected chi connectivity index (χ2v) is 15.3. The number of unbranched alkanes of at least 4 members (excludes halogenated alkanes) is 10. The Balaban J connectivity index is 1.82. The van der Waals surface area contributed by atoms with Gasteiger partial charge in [-0.05, 0) is 47.2 Å². The van der Waals surface area contributed by atoms with Gasteiger partial charge >= 0.3 is 6.69 Å². The maximum atomic E-state index is 6.95. The van der Waals surface area contributed by atoms with E-state index in [1.807, 2.05) is 0 Å². The predicted molar refractivity (Wildman–Crippen MR) is 144 cm³/mol. The lowest BCUT2D eigenvalue weighted by Gasteiger charge is -2.18. The molecule has 3 heteroatoms. The first kappa shape index (κ1) is 26.5. The van der Waals surface area contributed by atoms with Gasteiger partial charge in [-0.1, -0.05) is 127 Å². The maximum Gasteiger partial charge on any atom is 0.310 e. The predicted octanol–water partition coefficient (Wildman–Crippen LogP) is 8.53. The molecule has 0 aliphatic carbocycles. The van der Waals surface area contributed by atoms with Crippen LogP contribution in [0.2, 0.25) is 0 Å². The molecule has 0 N–H and O–H groups in total. The third-order valence-corrected chi connectivity index (χ3v) is 11.0. The van der Waals surface area contributed by atoms with E-state index >= 15 is 0 Å². The summed E-state index contributed by atoms with van der Waals surface area (Å²) in [6, 6.07) is 17.5. The van der Waals surface area contributed by atoms with Crippen molar-refractivity contribution < 1.29 is 0 Å². The molecular weight excluding hydrogens is 435 g/mol. The van der Waals surface area contributed by atoms with E-state index in [4.69, 9.17) is 22.2 Å². The minimum absolute atomic E-state index is 1.09. The van der Waals surface area contributed by atoms with Crippen LogP contribution in [-0.4, -0.2) is 6.69 Å². The number of hydrogen-bond donors (Lipinski definition) is 0. The van der Waals surface area contributed by atoms with E-state index in [9.17, 15) is 0 Å². The lowest BCUT2D eigenvalue weighted by atomic mass is 10.1. The standard InChI is InChI=1S/C28H42Cl2Si/c1-3-5-7-9-11-13-15-25-17-21-27(22-18-25)31(29,30)28-23-19-26(20-24-28)16-14-12-10-8-6-4-2/h17-24H,3-16H2,1-2H3. The Morgan fingerprint density at radius 1 is 0.484 bits per heavy atom. The third-order valence-electron chi connectivity index (χ3n) is 6.27. The quantitative estimate of drug-likeness (QED) is 0.129. The van der Waals surface area contributed by atoms with Gasteiger partial charge in [0.1, 0.15) is 0 Å². The van der Waals surface area contributed by atoms with Gasteiger partial charge in [0.25, 0.3) is 0 Å². The van der Waals surface area contributed by atoms with E-state index < -0.39 is 6.69 Å². The summed E-state index contributed by atoms with van der Waals surface area (Å²) >= 11 is 13.9. The van der Waals surface area contributed by atoms with Gasteiger partial charge in [-0.15, -0.1) is 22.2 Å². The van der Waals surface area contributed by atoms with Crippen molar-refractivity contribution in [1.82, 2.24) is 0 Å². The molecule has 0 aliphatic heterocycles. The summed E-state index contributed by atoms with van der Waals surface area (Å²) in [4.78, 5) is 0. The largest absolute Gasteiger partial charge is 0.310 e. The molecule has 0 amide bonds. The van der Waals surface area contributed by atoms with Gasteiger partial charge in [0, 0.05) is 0 Å². The zero-order chi connectivity index (χ0) is 22.4. The molecule has 172 valence electrons. The number of aryl methyl sites for hydroxylation is 2. The highest BCUT2D eigenvalue weighted by Crippen LogP contribution is 2.18. The van der Waals surface area contributed by atoms with Crippen LogP contribution < -0.4 is 10.4 Å². The fourth-order valence-electron chi connectivity index (χ4n) is 4.15. The Labute approximate surface area is 202 Å². The lowest BCUT2D eigenvalue weighted by molar-refractivity contribution is 0.607. The molecule has 0 radical (unpaired) electrons. The van der Waals surface area contributed by atoms with Crippen molar-refractivity contribution >= 4 is 39.2 Å². The Kier molecular flexibility index (Phi) is 12.9. The fourth-order valence-corrected chi connectivity index (χ4v) is 7.16. The Morgan fingerprint density at radius 3 is 1.16 bits per heavy atom. The molecule has 0 saturated heterocycles. The molecule has 0 nitrogen and oxygen atoms in total. The first-order valence-electron chi connectivity index (χ1n) is 12.6. The Morgan fingerprint density at radius 2 is 0.806 bits per heavy atom. The summed E-state index contributed by atoms with van der Waals surface area (Å²) in [7, 11) is 0. The molecule has 0 spiro atoms. The molecule has 0 saturated carbocycles. The second kappa shape index (κ2) is 15.1. The summed E-state index contributed by atoms with van der Waals surface area (Å²) < 4.78 is 0. The van der Waals surface area contributed by atoms with Crippen molar-refractivity contribution in [2.24, 2.45) is 0 Å². The van der Waals surface area contributed by atoms with E-state index in [1.54, 1.807) is 0 Å². The molecule has 2 aromatic rings. The van der Waals surface area contributed by atoms with Crippen LogP contribution in [-0.2, 0) is 12.8 Å². The minimum Gasteiger partial charge on any atom is -0.134 e. The number of rotatable bonds is 16. The molecule has 2 rings (SSSR count). The molecule has 0 atom stereocenters. The summed E-state index contributed by atoms with van der Waals surface area (Å²) in [5, 5.41) is 2.18. The third kappa shape index (κ3) is 9.72. The van der Waals surface area contributed by atoms with Crippen LogP contribution in [0, 0.1) is 0 Å². The van der Waals surface area contributed by atoms with Gasteiger partial charge in [-0.3, -0.25) is 0 Å². The normalized spacial score (nSPS) is 11.7. The molecule has 0 heterocycles. The molecule has 0 fully saturated rings. The van der Waals surface area contributed by atoms with Crippen molar-refractivity contribution in [1.29, 1.82) is 0 Å². The zero-order valence-corrected chi connectivity index (χ0v) is 22.3. The lowest BCUT2D eigenvalue weighted by Crippen LogP contribution is -2.48. The van der Waals surface area contributed by atoms with Crippen LogP contribution in [0.4, 0.5) is 0 Å². The van der Waals surface area contributed by atoms with Crippen LogP contribution in [0.25, 0.3) is 0 Å². The van der Waals surface area contributed by atoms with E-state index in [1.165, 1.54) is 88.2 Å². The van der Waals surface area contributed by atoms with Crippen LogP contribution in [0.3, 0.4) is 0 Å². The second-order valence-electron chi connectivity index (χ2n) is 9.00. The summed E-state index contributed by atoms with van der Waals surface area (Å²) in [5.41, 5.74) is 2.79. The Hall–Kier alpha value is -0.763. The van der Waals surface area contributed by atoms with Gasteiger partial charge in [0.05, 0.1) is 0 Å². The number of hydrogen-bond acceptors (Lipinski definition) is 0. The highest BCUT2D eigenvalue weighted by atomic mass is 35.7. The van der Waals surface area contributed by atoms with Gasteiger partial charge in [0.15, 0.2) is 0 Å². The maximum absolute atomic E-state index is 6.95. The fraction of sp³-hybridized carbons (Fsp3) is 0.571. The molecule has 0 aliphatic rings. The average Bonchev–Trinajstić information content (AvgIpc) is 2.79.